The monoisotopic (exact) mass is 355 g/mol. The third-order valence-corrected chi connectivity index (χ3v) is 3.87. The van der Waals surface area contributed by atoms with E-state index in [0.29, 0.717) is 23.1 Å². The predicted molar refractivity (Wildman–Crippen MR) is 97.0 cm³/mol. The second-order valence-corrected chi connectivity index (χ2v) is 5.94. The standard InChI is InChI=1S/C20H18ClNO3/c21-16-6-8-17(9-7-16)24-14-18-10-11-19(25-18)20(23)22-13-12-15-4-2-1-3-5-15/h1-11H,12-14H2,(H,22,23). The van der Waals surface area contributed by atoms with Crippen LogP contribution >= 0.6 is 11.6 Å². The number of hydrogen-bond acceptors (Lipinski definition) is 3. The SMILES string of the molecule is O=C(NCCc1ccccc1)c1ccc(COc2ccc(Cl)cc2)o1. The lowest BCUT2D eigenvalue weighted by Gasteiger charge is -2.05. The number of rotatable bonds is 7. The molecule has 0 bridgehead atoms. The van der Waals surface area contributed by atoms with Crippen LogP contribution in [0.25, 0.3) is 0 Å². The van der Waals surface area contributed by atoms with Gasteiger partial charge in [-0.05, 0) is 48.4 Å². The van der Waals surface area contributed by atoms with E-state index in [-0.39, 0.29) is 18.3 Å². The maximum Gasteiger partial charge on any atom is 0.287 e. The second-order valence-electron chi connectivity index (χ2n) is 5.50. The topological polar surface area (TPSA) is 51.5 Å². The summed E-state index contributed by atoms with van der Waals surface area (Å²) in [6, 6.07) is 20.5. The Hall–Kier alpha value is -2.72. The molecule has 0 unspecified atom stereocenters. The van der Waals surface area contributed by atoms with Gasteiger partial charge in [0.1, 0.15) is 18.1 Å². The van der Waals surface area contributed by atoms with Crippen LogP contribution in [0.4, 0.5) is 0 Å². The van der Waals surface area contributed by atoms with E-state index < -0.39 is 0 Å². The molecule has 2 aromatic carbocycles. The quantitative estimate of drug-likeness (QED) is 0.679. The number of carbonyl (C=O) groups excluding carboxylic acids is 1. The van der Waals surface area contributed by atoms with Crippen LogP contribution in [0.3, 0.4) is 0 Å². The lowest BCUT2D eigenvalue weighted by atomic mass is 10.1. The Morgan fingerprint density at radius 1 is 1.00 bits per heavy atom. The fraction of sp³-hybridized carbons (Fsp3) is 0.150. The number of nitrogens with one attached hydrogen (secondary N) is 1. The van der Waals surface area contributed by atoms with Crippen molar-refractivity contribution in [1.29, 1.82) is 0 Å². The molecule has 0 saturated heterocycles. The zero-order valence-corrected chi connectivity index (χ0v) is 14.3. The van der Waals surface area contributed by atoms with Crippen LogP contribution < -0.4 is 10.1 Å². The summed E-state index contributed by atoms with van der Waals surface area (Å²) in [5.74, 6) is 1.33. The van der Waals surface area contributed by atoms with Crippen LogP contribution in [0.2, 0.25) is 5.02 Å². The van der Waals surface area contributed by atoms with E-state index >= 15 is 0 Å². The number of amides is 1. The van der Waals surface area contributed by atoms with Crippen LogP contribution in [-0.2, 0) is 13.0 Å². The van der Waals surface area contributed by atoms with Crippen molar-refractivity contribution >= 4 is 17.5 Å². The van der Waals surface area contributed by atoms with Crippen molar-refractivity contribution in [3.8, 4) is 5.75 Å². The zero-order valence-electron chi connectivity index (χ0n) is 13.6. The minimum absolute atomic E-state index is 0.228. The minimum Gasteiger partial charge on any atom is -0.486 e. The summed E-state index contributed by atoms with van der Waals surface area (Å²) in [7, 11) is 0. The molecule has 0 atom stereocenters. The Morgan fingerprint density at radius 2 is 1.76 bits per heavy atom. The maximum atomic E-state index is 12.1. The highest BCUT2D eigenvalue weighted by atomic mass is 35.5. The van der Waals surface area contributed by atoms with Gasteiger partial charge < -0.3 is 14.5 Å². The van der Waals surface area contributed by atoms with Gasteiger partial charge in [0, 0.05) is 11.6 Å². The van der Waals surface area contributed by atoms with E-state index in [1.165, 1.54) is 5.56 Å². The summed E-state index contributed by atoms with van der Waals surface area (Å²) in [6.45, 7) is 0.805. The van der Waals surface area contributed by atoms with Crippen LogP contribution in [0.1, 0.15) is 21.9 Å². The molecule has 128 valence electrons. The average molecular weight is 356 g/mol. The van der Waals surface area contributed by atoms with Crippen molar-refractivity contribution in [3.05, 3.63) is 88.8 Å². The van der Waals surface area contributed by atoms with Gasteiger partial charge in [-0.2, -0.15) is 0 Å². The van der Waals surface area contributed by atoms with E-state index in [1.54, 1.807) is 36.4 Å². The van der Waals surface area contributed by atoms with E-state index in [2.05, 4.69) is 5.32 Å². The molecular weight excluding hydrogens is 338 g/mol. The van der Waals surface area contributed by atoms with Gasteiger partial charge in [-0.3, -0.25) is 4.79 Å². The number of furan rings is 1. The summed E-state index contributed by atoms with van der Waals surface area (Å²) in [5.41, 5.74) is 1.18. The molecule has 4 nitrogen and oxygen atoms in total. The van der Waals surface area contributed by atoms with Crippen molar-refractivity contribution in [3.63, 3.8) is 0 Å². The van der Waals surface area contributed by atoms with Gasteiger partial charge in [0.05, 0.1) is 0 Å². The molecule has 0 aliphatic carbocycles. The molecule has 1 aromatic heterocycles. The van der Waals surface area contributed by atoms with Crippen molar-refractivity contribution in [2.24, 2.45) is 0 Å². The molecule has 0 aliphatic rings. The Balaban J connectivity index is 1.47. The molecule has 0 fully saturated rings. The van der Waals surface area contributed by atoms with Crippen LogP contribution in [0.5, 0.6) is 5.75 Å². The van der Waals surface area contributed by atoms with Crippen molar-refractivity contribution < 1.29 is 13.9 Å². The number of halogens is 1. The third-order valence-electron chi connectivity index (χ3n) is 3.62. The Bertz CT molecular complexity index is 812. The van der Waals surface area contributed by atoms with Crippen LogP contribution in [0, 0.1) is 0 Å². The fourth-order valence-corrected chi connectivity index (χ4v) is 2.44. The normalized spacial score (nSPS) is 10.4. The number of ether oxygens (including phenoxy) is 1. The first-order chi connectivity index (χ1) is 12.2. The van der Waals surface area contributed by atoms with Gasteiger partial charge in [0.15, 0.2) is 5.76 Å². The molecule has 3 rings (SSSR count). The summed E-state index contributed by atoms with van der Waals surface area (Å²) >= 11 is 5.83. The van der Waals surface area contributed by atoms with Crippen molar-refractivity contribution in [2.45, 2.75) is 13.0 Å². The van der Waals surface area contributed by atoms with E-state index in [0.717, 1.165) is 6.42 Å². The Kier molecular flexibility index (Phi) is 5.75. The van der Waals surface area contributed by atoms with Crippen LogP contribution in [0.15, 0.2) is 71.1 Å². The molecule has 1 N–H and O–H groups in total. The minimum atomic E-state index is -0.228. The molecule has 0 aliphatic heterocycles. The Labute approximate surface area is 151 Å². The first kappa shape index (κ1) is 17.1. The average Bonchev–Trinajstić information content (AvgIpc) is 3.11. The lowest BCUT2D eigenvalue weighted by molar-refractivity contribution is 0.0922. The molecule has 0 radical (unpaired) electrons. The maximum absolute atomic E-state index is 12.1. The van der Waals surface area contributed by atoms with E-state index in [1.807, 2.05) is 30.3 Å². The first-order valence-corrected chi connectivity index (χ1v) is 8.38. The van der Waals surface area contributed by atoms with Crippen molar-refractivity contribution in [2.75, 3.05) is 6.54 Å². The molecular formula is C20H18ClNO3. The predicted octanol–water partition coefficient (Wildman–Crippen LogP) is 4.48. The molecule has 1 amide bonds. The van der Waals surface area contributed by atoms with Crippen molar-refractivity contribution in [1.82, 2.24) is 5.32 Å². The number of carbonyl (C=O) groups is 1. The Morgan fingerprint density at radius 3 is 2.52 bits per heavy atom. The number of hydrogen-bond donors (Lipinski definition) is 1. The largest absolute Gasteiger partial charge is 0.486 e. The first-order valence-electron chi connectivity index (χ1n) is 8.00. The smallest absolute Gasteiger partial charge is 0.287 e. The van der Waals surface area contributed by atoms with E-state index in [9.17, 15) is 4.79 Å². The molecule has 5 heteroatoms. The highest BCUT2D eigenvalue weighted by Gasteiger charge is 2.11. The fourth-order valence-electron chi connectivity index (χ4n) is 2.31. The highest BCUT2D eigenvalue weighted by Crippen LogP contribution is 2.17. The molecule has 0 saturated carbocycles. The summed E-state index contributed by atoms with van der Waals surface area (Å²) in [4.78, 5) is 12.1. The molecule has 0 spiro atoms. The number of benzene rings is 2. The van der Waals surface area contributed by atoms with Gasteiger partial charge in [0.2, 0.25) is 0 Å². The summed E-state index contributed by atoms with van der Waals surface area (Å²) in [6.07, 6.45) is 0.778. The zero-order chi connectivity index (χ0) is 17.5. The van der Waals surface area contributed by atoms with E-state index in [4.69, 9.17) is 20.8 Å². The lowest BCUT2D eigenvalue weighted by Crippen LogP contribution is -2.25. The van der Waals surface area contributed by atoms with Gasteiger partial charge in [-0.15, -0.1) is 0 Å². The summed E-state index contributed by atoms with van der Waals surface area (Å²) < 4.78 is 11.1. The summed E-state index contributed by atoms with van der Waals surface area (Å²) in [5, 5.41) is 3.51. The molecule has 1 heterocycles. The van der Waals surface area contributed by atoms with Gasteiger partial charge in [0.25, 0.3) is 5.91 Å². The van der Waals surface area contributed by atoms with Gasteiger partial charge in [-0.1, -0.05) is 41.9 Å². The third kappa shape index (κ3) is 5.13. The molecule has 25 heavy (non-hydrogen) atoms. The molecule has 3 aromatic rings. The van der Waals surface area contributed by atoms with Crippen LogP contribution in [-0.4, -0.2) is 12.5 Å². The highest BCUT2D eigenvalue weighted by molar-refractivity contribution is 6.30. The van der Waals surface area contributed by atoms with Gasteiger partial charge in [-0.25, -0.2) is 0 Å². The second kappa shape index (κ2) is 8.40. The van der Waals surface area contributed by atoms with Gasteiger partial charge >= 0.3 is 0 Å².